The van der Waals surface area contributed by atoms with Gasteiger partial charge in [0, 0.05) is 56.4 Å². The number of carboxylic acids is 2. The van der Waals surface area contributed by atoms with Crippen molar-refractivity contribution >= 4 is 41.9 Å². The fraction of sp³-hybridized carbons (Fsp3) is 0.441. The van der Waals surface area contributed by atoms with Crippen LogP contribution in [0, 0.1) is 5.92 Å². The molecule has 0 spiro atoms. The normalized spacial score (nSPS) is 18.9. The highest BCUT2D eigenvalue weighted by Crippen LogP contribution is 2.44. The number of carbonyl (C=O) groups excluding carboxylic acids is 5. The molecular formula is C59H72N4O18. The largest absolute Gasteiger partial charge is 0.493 e. The summed E-state index contributed by atoms with van der Waals surface area (Å²) in [5, 5.41) is 21.4. The lowest BCUT2D eigenvalue weighted by Crippen LogP contribution is -2.56. The van der Waals surface area contributed by atoms with Gasteiger partial charge in [-0.25, -0.2) is 28.8 Å². The molecule has 4 aromatic carbocycles. The summed E-state index contributed by atoms with van der Waals surface area (Å²) >= 11 is 0. The molecule has 0 aliphatic carbocycles. The second kappa shape index (κ2) is 28.2. The Bertz CT molecular complexity index is 2860. The van der Waals surface area contributed by atoms with E-state index >= 15 is 0 Å². The van der Waals surface area contributed by atoms with Crippen molar-refractivity contribution in [1.29, 1.82) is 0 Å². The molecule has 1 amide bonds. The van der Waals surface area contributed by atoms with Crippen LogP contribution in [-0.4, -0.2) is 154 Å². The van der Waals surface area contributed by atoms with Crippen molar-refractivity contribution in [1.82, 2.24) is 15.1 Å². The lowest BCUT2D eigenvalue weighted by molar-refractivity contribution is -0.166. The Labute approximate surface area is 470 Å². The third-order valence-corrected chi connectivity index (χ3v) is 13.8. The number of esters is 4. The van der Waals surface area contributed by atoms with Gasteiger partial charge in [-0.3, -0.25) is 14.6 Å². The van der Waals surface area contributed by atoms with Crippen molar-refractivity contribution < 1.29 is 86.4 Å². The predicted octanol–water partition coefficient (Wildman–Crippen LogP) is 6.47. The van der Waals surface area contributed by atoms with Crippen LogP contribution in [0.2, 0.25) is 0 Å². The van der Waals surface area contributed by atoms with E-state index < -0.39 is 59.7 Å². The highest BCUT2D eigenvalue weighted by atomic mass is 16.6. The zero-order valence-corrected chi connectivity index (χ0v) is 47.0. The van der Waals surface area contributed by atoms with Crippen LogP contribution in [0.4, 0.5) is 4.79 Å². The molecule has 0 saturated carbocycles. The number of amides is 1. The minimum absolute atomic E-state index is 0.0253. The molecule has 22 heteroatoms. The molecule has 0 aromatic heterocycles. The van der Waals surface area contributed by atoms with Gasteiger partial charge in [-0.1, -0.05) is 36.4 Å². The molecule has 0 bridgehead atoms. The van der Waals surface area contributed by atoms with Gasteiger partial charge in [0.2, 0.25) is 12.2 Å². The van der Waals surface area contributed by atoms with Crippen molar-refractivity contribution in [2.45, 2.75) is 96.2 Å². The quantitative estimate of drug-likeness (QED) is 0.0690. The molecule has 4 aromatic rings. The summed E-state index contributed by atoms with van der Waals surface area (Å²) in [4.78, 5) is 88.7. The van der Waals surface area contributed by atoms with E-state index in [4.69, 9.17) is 48.4 Å². The molecule has 4 aliphatic rings. The van der Waals surface area contributed by atoms with Crippen LogP contribution in [0.5, 0.6) is 23.0 Å². The van der Waals surface area contributed by atoms with Crippen molar-refractivity contribution in [2.75, 3.05) is 67.8 Å². The van der Waals surface area contributed by atoms with Crippen LogP contribution in [0.15, 0.2) is 96.2 Å². The van der Waals surface area contributed by atoms with E-state index in [1.807, 2.05) is 45.0 Å². The topological polar surface area (TPSA) is 288 Å². The molecule has 436 valence electrons. The lowest BCUT2D eigenvalue weighted by atomic mass is 9.80. The smallest absolute Gasteiger partial charge is 0.407 e. The third-order valence-electron chi connectivity index (χ3n) is 13.8. The van der Waals surface area contributed by atoms with Gasteiger partial charge in [-0.05, 0) is 125 Å². The number of fused-ring (bicyclic) bond motifs is 6. The standard InChI is InChI=1S/C23H34N2O6.C18H24N2O4.C18H14O8/c1-7-30-21(26)16-13-25-9-8-14-10-19(28-5)20(29-6)11-15(14)18(25)12-17(16)24-22(27)31-23(2,3)4;1-4-24-18(21)13-10-20-6-5-11-7-16(22-2)17(23-3)8-12(11)15(20)9-14(13)19;19-15(20)13(25-17(23)11-7-3-1-4-8-11)14(16(21)22)26-18(24)12-9-5-2-6-10-12/h10-11,16-18H,7-9,12-13H2,1-6H3,(H,24,27);7-8,15H,4-6,9-10,19H2,1-3H3;1-10,13-14H,(H,19,20)(H,21,22)/t16-,17-,18-;15-;13-,14-/m000/s1. The molecular weight excluding hydrogens is 1050 g/mol. The number of rotatable bonds is 16. The van der Waals surface area contributed by atoms with Crippen LogP contribution >= 0.6 is 0 Å². The SMILES string of the molecule is CCOC(=O)C1=C(N)C[C@H]2c3cc(OC)c(OC)cc3CCN2C1.CCOC(=O)[C@H]1CN2CCc3cc(OC)c(OC)cc3[C@@H]2C[C@@H]1NC(=O)OC(C)(C)C.O=C(O[C@H](C(=O)O)[C@H](OC(=O)c1ccccc1)C(=O)O)c1ccccc1. The molecule has 8 rings (SSSR count). The average Bonchev–Trinajstić information content (AvgIpc) is 3.65. The van der Waals surface area contributed by atoms with Crippen LogP contribution in [-0.2, 0) is 55.7 Å². The van der Waals surface area contributed by atoms with Crippen LogP contribution in [0.1, 0.15) is 103 Å². The molecule has 6 atom stereocenters. The number of carbonyl (C=O) groups is 7. The zero-order chi connectivity index (χ0) is 59.1. The minimum atomic E-state index is -2.21. The van der Waals surface area contributed by atoms with Crippen molar-refractivity contribution in [3.63, 3.8) is 0 Å². The number of hydrogen-bond acceptors (Lipinski definition) is 19. The fourth-order valence-electron chi connectivity index (χ4n) is 10.0. The second-order valence-corrected chi connectivity index (χ2v) is 20.1. The monoisotopic (exact) mass is 1120 g/mol. The first-order valence-electron chi connectivity index (χ1n) is 26.4. The Morgan fingerprint density at radius 2 is 1.10 bits per heavy atom. The fourth-order valence-corrected chi connectivity index (χ4v) is 10.0. The van der Waals surface area contributed by atoms with Gasteiger partial charge in [0.1, 0.15) is 5.60 Å². The summed E-state index contributed by atoms with van der Waals surface area (Å²) in [6.07, 6.45) is -2.00. The van der Waals surface area contributed by atoms with E-state index in [1.54, 1.807) is 54.4 Å². The number of nitrogens with zero attached hydrogens (tertiary/aromatic N) is 2. The van der Waals surface area contributed by atoms with Crippen LogP contribution in [0.25, 0.3) is 0 Å². The Hall–Kier alpha value is -8.37. The van der Waals surface area contributed by atoms with Gasteiger partial charge < -0.3 is 63.9 Å². The number of methoxy groups -OCH3 is 4. The van der Waals surface area contributed by atoms with Crippen LogP contribution in [0.3, 0.4) is 0 Å². The average molecular weight is 1130 g/mol. The summed E-state index contributed by atoms with van der Waals surface area (Å²) in [6, 6.07) is 22.8. The third kappa shape index (κ3) is 15.7. The van der Waals surface area contributed by atoms with E-state index in [-0.39, 0.29) is 35.1 Å². The Balaban J connectivity index is 0.000000197. The first-order valence-corrected chi connectivity index (χ1v) is 26.4. The van der Waals surface area contributed by atoms with E-state index in [1.165, 1.54) is 65.2 Å². The maximum Gasteiger partial charge on any atom is 0.407 e. The van der Waals surface area contributed by atoms with Gasteiger partial charge in [-0.15, -0.1) is 0 Å². The molecule has 1 saturated heterocycles. The summed E-state index contributed by atoms with van der Waals surface area (Å²) in [5.74, 6) is -3.83. The predicted molar refractivity (Wildman–Crippen MR) is 292 cm³/mol. The highest BCUT2D eigenvalue weighted by molar-refractivity contribution is 5.95. The van der Waals surface area contributed by atoms with Gasteiger partial charge >= 0.3 is 41.9 Å². The molecule has 0 unspecified atom stereocenters. The number of carboxylic acid groups (broad SMARTS) is 2. The molecule has 81 heavy (non-hydrogen) atoms. The van der Waals surface area contributed by atoms with Crippen LogP contribution < -0.4 is 30.0 Å². The van der Waals surface area contributed by atoms with E-state index in [2.05, 4.69) is 15.1 Å². The number of aliphatic carboxylic acids is 2. The summed E-state index contributed by atoms with van der Waals surface area (Å²) in [5.41, 5.74) is 11.6. The van der Waals surface area contributed by atoms with E-state index in [0.717, 1.165) is 43.0 Å². The number of nitrogens with one attached hydrogen (secondary N) is 1. The van der Waals surface area contributed by atoms with Crippen molar-refractivity contribution in [3.8, 4) is 23.0 Å². The zero-order valence-electron chi connectivity index (χ0n) is 47.0. The highest BCUT2D eigenvalue weighted by Gasteiger charge is 2.45. The number of nitrogens with two attached hydrogens (primary N) is 1. The first-order chi connectivity index (χ1) is 38.6. The second-order valence-electron chi connectivity index (χ2n) is 20.1. The van der Waals surface area contributed by atoms with Crippen molar-refractivity contribution in [2.24, 2.45) is 11.7 Å². The summed E-state index contributed by atoms with van der Waals surface area (Å²) in [7, 11) is 6.53. The number of ether oxygens (including phenoxy) is 9. The molecule has 5 N–H and O–H groups in total. The van der Waals surface area contributed by atoms with Gasteiger partial charge in [-0.2, -0.15) is 0 Å². The lowest BCUT2D eigenvalue weighted by Gasteiger charge is -2.46. The molecule has 0 radical (unpaired) electrons. The van der Waals surface area contributed by atoms with Gasteiger partial charge in [0.15, 0.2) is 23.0 Å². The van der Waals surface area contributed by atoms with E-state index in [9.17, 15) is 43.8 Å². The Morgan fingerprint density at radius 3 is 1.54 bits per heavy atom. The Morgan fingerprint density at radius 1 is 0.642 bits per heavy atom. The number of benzene rings is 4. The summed E-state index contributed by atoms with van der Waals surface area (Å²) in [6.45, 7) is 12.4. The summed E-state index contributed by atoms with van der Waals surface area (Å²) < 4.78 is 47.2. The van der Waals surface area contributed by atoms with Gasteiger partial charge in [0.05, 0.1) is 64.3 Å². The maximum absolute atomic E-state index is 12.7. The maximum atomic E-state index is 12.7. The molecule has 4 heterocycles. The Kier molecular flexibility index (Phi) is 21.5. The number of alkyl carbamates (subject to hydrolysis) is 1. The molecule has 1 fully saturated rings. The first kappa shape index (κ1) is 61.8. The van der Waals surface area contributed by atoms with Gasteiger partial charge in [0.25, 0.3) is 0 Å². The number of hydrogen-bond donors (Lipinski definition) is 4. The molecule has 4 aliphatic heterocycles. The molecule has 22 nitrogen and oxygen atoms in total. The van der Waals surface area contributed by atoms with E-state index in [0.29, 0.717) is 61.9 Å². The minimum Gasteiger partial charge on any atom is -0.493 e. The van der Waals surface area contributed by atoms with Crippen molar-refractivity contribution in [3.05, 3.63) is 130 Å². The number of piperidine rings is 1.